The molecule has 1 amide bonds. The summed E-state index contributed by atoms with van der Waals surface area (Å²) >= 11 is 0. The Morgan fingerprint density at radius 2 is 1.50 bits per heavy atom. The summed E-state index contributed by atoms with van der Waals surface area (Å²) in [6.07, 6.45) is 1.76. The van der Waals surface area contributed by atoms with Crippen LogP contribution < -0.4 is 10.2 Å². The first kappa shape index (κ1) is 19.4. The first-order valence-corrected chi connectivity index (χ1v) is 9.45. The average Bonchev–Trinajstić information content (AvgIpc) is 2.76. The first-order valence-electron chi connectivity index (χ1n) is 9.45. The van der Waals surface area contributed by atoms with E-state index < -0.39 is 0 Å². The summed E-state index contributed by atoms with van der Waals surface area (Å²) < 4.78 is 5.76. The van der Waals surface area contributed by atoms with Gasteiger partial charge in [0.05, 0.1) is 5.71 Å². The molecule has 3 rings (SSSR count). The van der Waals surface area contributed by atoms with Crippen molar-refractivity contribution in [3.05, 3.63) is 102 Å². The van der Waals surface area contributed by atoms with Crippen molar-refractivity contribution in [3.8, 4) is 5.75 Å². The Hall–Kier alpha value is -3.40. The van der Waals surface area contributed by atoms with Crippen LogP contribution in [0.1, 0.15) is 41.3 Å². The van der Waals surface area contributed by atoms with E-state index in [9.17, 15) is 4.79 Å². The molecule has 0 spiro atoms. The van der Waals surface area contributed by atoms with Crippen LogP contribution in [0.3, 0.4) is 0 Å². The minimum absolute atomic E-state index is 0.237. The molecule has 4 heteroatoms. The van der Waals surface area contributed by atoms with Crippen LogP contribution >= 0.6 is 0 Å². The van der Waals surface area contributed by atoms with E-state index in [4.69, 9.17) is 4.74 Å². The Labute approximate surface area is 165 Å². The summed E-state index contributed by atoms with van der Waals surface area (Å²) in [7, 11) is 0. The van der Waals surface area contributed by atoms with E-state index in [1.165, 1.54) is 0 Å². The number of amides is 1. The largest absolute Gasteiger partial charge is 0.489 e. The Balaban J connectivity index is 1.60. The maximum absolute atomic E-state index is 12.4. The molecule has 0 aliphatic rings. The molecule has 0 aliphatic carbocycles. The van der Waals surface area contributed by atoms with Gasteiger partial charge in [0.25, 0.3) is 5.91 Å². The third-order valence-corrected chi connectivity index (χ3v) is 4.25. The number of nitrogens with zero attached hydrogens (tertiary/aromatic N) is 1. The number of carbonyl (C=O) groups is 1. The summed E-state index contributed by atoms with van der Waals surface area (Å²) in [6, 6.07) is 26.9. The van der Waals surface area contributed by atoms with Crippen molar-refractivity contribution in [2.24, 2.45) is 5.10 Å². The Morgan fingerprint density at radius 3 is 2.14 bits per heavy atom. The summed E-state index contributed by atoms with van der Waals surface area (Å²) in [5.41, 5.74) is 6.21. The molecule has 0 saturated heterocycles. The van der Waals surface area contributed by atoms with Gasteiger partial charge in [-0.2, -0.15) is 5.10 Å². The molecule has 0 unspecified atom stereocenters. The summed E-state index contributed by atoms with van der Waals surface area (Å²) in [5, 5.41) is 4.34. The lowest BCUT2D eigenvalue weighted by atomic mass is 10.1. The molecule has 0 heterocycles. The van der Waals surface area contributed by atoms with Crippen molar-refractivity contribution in [3.63, 3.8) is 0 Å². The third kappa shape index (κ3) is 5.55. The minimum atomic E-state index is -0.237. The molecule has 0 radical (unpaired) electrons. The van der Waals surface area contributed by atoms with E-state index >= 15 is 0 Å². The highest BCUT2D eigenvalue weighted by atomic mass is 16.5. The third-order valence-electron chi connectivity index (χ3n) is 4.25. The number of benzene rings is 3. The normalized spacial score (nSPS) is 11.1. The SMILES string of the molecule is CCC/C(=N\NC(=O)c1ccc(OCc2ccccc2)cc1)c1ccccc1. The molecule has 28 heavy (non-hydrogen) atoms. The van der Waals surface area contributed by atoms with Gasteiger partial charge in [-0.15, -0.1) is 0 Å². The van der Waals surface area contributed by atoms with Gasteiger partial charge < -0.3 is 4.74 Å². The predicted octanol–water partition coefficient (Wildman–Crippen LogP) is 5.20. The smallest absolute Gasteiger partial charge is 0.271 e. The van der Waals surface area contributed by atoms with E-state index in [-0.39, 0.29) is 5.91 Å². The van der Waals surface area contributed by atoms with Crippen LogP contribution in [0, 0.1) is 0 Å². The van der Waals surface area contributed by atoms with E-state index in [1.807, 2.05) is 60.7 Å². The number of rotatable bonds is 8. The summed E-state index contributed by atoms with van der Waals surface area (Å²) in [4.78, 5) is 12.4. The average molecular weight is 372 g/mol. The van der Waals surface area contributed by atoms with Crippen LogP contribution in [0.4, 0.5) is 0 Å². The fraction of sp³-hybridized carbons (Fsp3) is 0.167. The number of carbonyl (C=O) groups excluding carboxylic acids is 1. The zero-order valence-electron chi connectivity index (χ0n) is 16.0. The number of ether oxygens (including phenoxy) is 1. The number of hydrogen-bond acceptors (Lipinski definition) is 3. The quantitative estimate of drug-likeness (QED) is 0.436. The molecule has 1 N–H and O–H groups in total. The molecule has 3 aromatic rings. The van der Waals surface area contributed by atoms with Crippen molar-refractivity contribution < 1.29 is 9.53 Å². The standard InChI is InChI=1S/C24H24N2O2/c1-2-9-23(20-12-7-4-8-13-20)25-26-24(27)21-14-16-22(17-15-21)28-18-19-10-5-3-6-11-19/h3-8,10-17H,2,9,18H2,1H3,(H,26,27)/b25-23+. The zero-order valence-corrected chi connectivity index (χ0v) is 16.0. The lowest BCUT2D eigenvalue weighted by Gasteiger charge is -2.08. The fourth-order valence-electron chi connectivity index (χ4n) is 2.76. The molecule has 3 aromatic carbocycles. The number of nitrogens with one attached hydrogen (secondary N) is 1. The highest BCUT2D eigenvalue weighted by Gasteiger charge is 2.07. The van der Waals surface area contributed by atoms with Crippen LogP contribution in [0.15, 0.2) is 90.0 Å². The van der Waals surface area contributed by atoms with Gasteiger partial charge in [-0.05, 0) is 41.8 Å². The molecular formula is C24H24N2O2. The molecule has 0 atom stereocenters. The number of hydrazone groups is 1. The predicted molar refractivity (Wildman–Crippen MR) is 113 cm³/mol. The van der Waals surface area contributed by atoms with Crippen LogP contribution in [-0.4, -0.2) is 11.6 Å². The minimum Gasteiger partial charge on any atom is -0.489 e. The van der Waals surface area contributed by atoms with Gasteiger partial charge in [0.2, 0.25) is 0 Å². The monoisotopic (exact) mass is 372 g/mol. The maximum atomic E-state index is 12.4. The molecule has 4 nitrogen and oxygen atoms in total. The Bertz CT molecular complexity index is 904. The summed E-state index contributed by atoms with van der Waals surface area (Å²) in [6.45, 7) is 2.59. The van der Waals surface area contributed by atoms with Crippen molar-refractivity contribution in [2.75, 3.05) is 0 Å². The zero-order chi connectivity index (χ0) is 19.6. The number of hydrogen-bond donors (Lipinski definition) is 1. The Kier molecular flexibility index (Phi) is 6.96. The fourth-order valence-corrected chi connectivity index (χ4v) is 2.76. The highest BCUT2D eigenvalue weighted by molar-refractivity contribution is 6.02. The molecule has 142 valence electrons. The first-order chi connectivity index (χ1) is 13.8. The molecule has 0 fully saturated rings. The van der Waals surface area contributed by atoms with Crippen molar-refractivity contribution in [1.29, 1.82) is 0 Å². The van der Waals surface area contributed by atoms with Gasteiger partial charge in [0, 0.05) is 5.56 Å². The molecule has 0 aliphatic heterocycles. The van der Waals surface area contributed by atoms with E-state index in [2.05, 4.69) is 17.5 Å². The van der Waals surface area contributed by atoms with Crippen molar-refractivity contribution in [1.82, 2.24) is 5.43 Å². The van der Waals surface area contributed by atoms with E-state index in [1.54, 1.807) is 24.3 Å². The second-order valence-electron chi connectivity index (χ2n) is 6.41. The van der Waals surface area contributed by atoms with Gasteiger partial charge in [-0.25, -0.2) is 5.43 Å². The Morgan fingerprint density at radius 1 is 0.857 bits per heavy atom. The van der Waals surface area contributed by atoms with Gasteiger partial charge in [-0.3, -0.25) is 4.79 Å². The second-order valence-corrected chi connectivity index (χ2v) is 6.41. The van der Waals surface area contributed by atoms with Crippen molar-refractivity contribution in [2.45, 2.75) is 26.4 Å². The molecule has 0 saturated carbocycles. The lowest BCUT2D eigenvalue weighted by Crippen LogP contribution is -2.20. The van der Waals surface area contributed by atoms with E-state index in [0.717, 1.165) is 35.4 Å². The van der Waals surface area contributed by atoms with Gasteiger partial charge in [-0.1, -0.05) is 74.0 Å². The van der Waals surface area contributed by atoms with Gasteiger partial charge in [0.1, 0.15) is 12.4 Å². The van der Waals surface area contributed by atoms with E-state index in [0.29, 0.717) is 12.2 Å². The van der Waals surface area contributed by atoms with Gasteiger partial charge in [0.15, 0.2) is 0 Å². The lowest BCUT2D eigenvalue weighted by molar-refractivity contribution is 0.0954. The summed E-state index contributed by atoms with van der Waals surface area (Å²) in [5.74, 6) is 0.485. The molecule has 0 bridgehead atoms. The van der Waals surface area contributed by atoms with Crippen LogP contribution in [-0.2, 0) is 6.61 Å². The van der Waals surface area contributed by atoms with Gasteiger partial charge >= 0.3 is 0 Å². The maximum Gasteiger partial charge on any atom is 0.271 e. The van der Waals surface area contributed by atoms with Crippen LogP contribution in [0.25, 0.3) is 0 Å². The molecule has 0 aromatic heterocycles. The van der Waals surface area contributed by atoms with Crippen LogP contribution in [0.5, 0.6) is 5.75 Å². The van der Waals surface area contributed by atoms with Crippen LogP contribution in [0.2, 0.25) is 0 Å². The second kappa shape index (κ2) is 10.1. The topological polar surface area (TPSA) is 50.7 Å². The molecular weight excluding hydrogens is 348 g/mol. The highest BCUT2D eigenvalue weighted by Crippen LogP contribution is 2.14. The van der Waals surface area contributed by atoms with Crippen molar-refractivity contribution >= 4 is 11.6 Å².